The van der Waals surface area contributed by atoms with Gasteiger partial charge in [-0.3, -0.25) is 0 Å². The van der Waals surface area contributed by atoms with E-state index in [0.29, 0.717) is 13.2 Å². The van der Waals surface area contributed by atoms with Crippen LogP contribution >= 0.6 is 19.4 Å². The second-order valence-electron chi connectivity index (χ2n) is 7.55. The van der Waals surface area contributed by atoms with Crippen molar-refractivity contribution in [1.82, 2.24) is 0 Å². The first kappa shape index (κ1) is 23.2. The van der Waals surface area contributed by atoms with Crippen LogP contribution in [0.15, 0.2) is 66.7 Å². The third-order valence-electron chi connectivity index (χ3n) is 5.27. The van der Waals surface area contributed by atoms with Crippen molar-refractivity contribution in [3.05, 3.63) is 72.3 Å². The zero-order valence-corrected chi connectivity index (χ0v) is 21.4. The summed E-state index contributed by atoms with van der Waals surface area (Å²) in [7, 11) is 12.7. The van der Waals surface area contributed by atoms with Crippen LogP contribution in [-0.4, -0.2) is 17.8 Å². The Hall–Kier alpha value is -1.93. The molecule has 0 spiro atoms. The minimum absolute atomic E-state index is 0.611. The standard InChI is InChI=1S/C27H26O2.2ClH.Ru/c1-4-16-28-24-15-14-20-10-6-8-12-22(20)25(24)26-23-13-9-7-11-21(23)18-19(3)27(26)29-17-5-2;;;/h3,6-15,18H,4-5,16-17H2,1-2H3;2*1H;/q;;;+2/p-2. The van der Waals surface area contributed by atoms with E-state index in [2.05, 4.69) is 80.6 Å². The van der Waals surface area contributed by atoms with Gasteiger partial charge in [-0.05, 0) is 0 Å². The summed E-state index contributed by atoms with van der Waals surface area (Å²) >= 11 is -2.07. The van der Waals surface area contributed by atoms with Gasteiger partial charge < -0.3 is 0 Å². The predicted molar refractivity (Wildman–Crippen MR) is 135 cm³/mol. The SMILES string of the molecule is CCCOc1ccc2ccccc2c1-c1c(OCCC)c([CH]=[Ru]([Cl])[Cl])cc2ccccc12. The molecule has 0 unspecified atom stereocenters. The Kier molecular flexibility index (Phi) is 7.84. The van der Waals surface area contributed by atoms with Crippen molar-refractivity contribution in [3.8, 4) is 22.6 Å². The predicted octanol–water partition coefficient (Wildman–Crippen LogP) is 8.31. The van der Waals surface area contributed by atoms with E-state index in [1.165, 1.54) is 0 Å². The van der Waals surface area contributed by atoms with Crippen LogP contribution in [0.4, 0.5) is 0 Å². The average Bonchev–Trinajstić information content (AvgIpc) is 2.80. The van der Waals surface area contributed by atoms with Crippen molar-refractivity contribution in [1.29, 1.82) is 0 Å². The molecule has 0 fully saturated rings. The molecule has 0 aliphatic rings. The number of ether oxygens (including phenoxy) is 2. The van der Waals surface area contributed by atoms with Gasteiger partial charge in [-0.25, -0.2) is 0 Å². The summed E-state index contributed by atoms with van der Waals surface area (Å²) in [6.45, 7) is 5.49. The molecule has 0 atom stereocenters. The Balaban J connectivity index is 2.16. The van der Waals surface area contributed by atoms with Crippen LogP contribution < -0.4 is 9.47 Å². The Morgan fingerprint density at radius 1 is 0.750 bits per heavy atom. The number of fused-ring (bicyclic) bond motifs is 2. The van der Waals surface area contributed by atoms with Gasteiger partial charge in [-0.15, -0.1) is 0 Å². The van der Waals surface area contributed by atoms with Crippen LogP contribution in [0.25, 0.3) is 32.7 Å². The van der Waals surface area contributed by atoms with Gasteiger partial charge in [0.15, 0.2) is 0 Å². The van der Waals surface area contributed by atoms with E-state index in [4.69, 9.17) is 28.9 Å². The maximum atomic E-state index is 6.41. The monoisotopic (exact) mass is 554 g/mol. The molecule has 0 amide bonds. The van der Waals surface area contributed by atoms with Gasteiger partial charge in [0.05, 0.1) is 0 Å². The summed E-state index contributed by atoms with van der Waals surface area (Å²) in [5.74, 6) is 1.68. The first-order valence-electron chi connectivity index (χ1n) is 10.8. The van der Waals surface area contributed by atoms with Crippen LogP contribution in [0.2, 0.25) is 0 Å². The Labute approximate surface area is 202 Å². The van der Waals surface area contributed by atoms with E-state index in [9.17, 15) is 0 Å². The molecule has 0 aromatic heterocycles. The molecule has 0 radical (unpaired) electrons. The van der Waals surface area contributed by atoms with Crippen LogP contribution in [0.5, 0.6) is 11.5 Å². The van der Waals surface area contributed by atoms with Gasteiger partial charge in [0.1, 0.15) is 0 Å². The van der Waals surface area contributed by atoms with Crippen molar-refractivity contribution in [2.75, 3.05) is 13.2 Å². The summed E-state index contributed by atoms with van der Waals surface area (Å²) in [6.07, 6.45) is 1.84. The van der Waals surface area contributed by atoms with E-state index in [1.54, 1.807) is 0 Å². The van der Waals surface area contributed by atoms with Crippen LogP contribution in [0, 0.1) is 0 Å². The molecule has 4 aromatic carbocycles. The van der Waals surface area contributed by atoms with E-state index in [1.807, 2.05) is 4.61 Å². The zero-order chi connectivity index (χ0) is 22.5. The van der Waals surface area contributed by atoms with Crippen molar-refractivity contribution in [3.63, 3.8) is 0 Å². The Morgan fingerprint density at radius 2 is 1.38 bits per heavy atom. The van der Waals surface area contributed by atoms with Gasteiger partial charge in [-0.1, -0.05) is 0 Å². The molecule has 5 heteroatoms. The van der Waals surface area contributed by atoms with E-state index < -0.39 is 13.5 Å². The fourth-order valence-electron chi connectivity index (χ4n) is 3.96. The normalized spacial score (nSPS) is 11.6. The maximum absolute atomic E-state index is 6.41. The topological polar surface area (TPSA) is 18.5 Å². The van der Waals surface area contributed by atoms with E-state index in [-0.39, 0.29) is 0 Å². The zero-order valence-electron chi connectivity index (χ0n) is 18.2. The quantitative estimate of drug-likeness (QED) is 0.204. The van der Waals surface area contributed by atoms with Gasteiger partial charge in [0.25, 0.3) is 0 Å². The molecule has 0 saturated carbocycles. The van der Waals surface area contributed by atoms with Crippen molar-refractivity contribution < 1.29 is 23.0 Å². The van der Waals surface area contributed by atoms with Crippen molar-refractivity contribution in [2.45, 2.75) is 26.7 Å². The number of hydrogen-bond donors (Lipinski definition) is 0. The van der Waals surface area contributed by atoms with Crippen molar-refractivity contribution >= 4 is 45.5 Å². The van der Waals surface area contributed by atoms with Crippen molar-refractivity contribution in [2.24, 2.45) is 0 Å². The summed E-state index contributed by atoms with van der Waals surface area (Å²) in [5, 5.41) is 4.54. The molecular formula is C27H26Cl2O2Ru. The first-order valence-corrected chi connectivity index (χ1v) is 16.3. The Bertz CT molecular complexity index is 1280. The molecular weight excluding hydrogens is 528 g/mol. The summed E-state index contributed by atoms with van der Waals surface area (Å²) in [4.78, 5) is 0. The molecule has 0 bridgehead atoms. The van der Waals surface area contributed by atoms with Crippen LogP contribution in [-0.2, 0) is 13.5 Å². The molecule has 0 N–H and O–H groups in total. The van der Waals surface area contributed by atoms with E-state index in [0.717, 1.165) is 62.6 Å². The molecule has 32 heavy (non-hydrogen) atoms. The molecule has 4 rings (SSSR count). The molecule has 4 aromatic rings. The fraction of sp³-hybridized carbons (Fsp3) is 0.222. The summed E-state index contributed by atoms with van der Waals surface area (Å²) in [6, 6.07) is 23.1. The minimum atomic E-state index is -2.07. The third kappa shape index (κ3) is 4.86. The number of halogens is 2. The summed E-state index contributed by atoms with van der Waals surface area (Å²) in [5.41, 5.74) is 3.04. The molecule has 0 aliphatic carbocycles. The second-order valence-corrected chi connectivity index (χ2v) is 13.3. The number of hydrogen-bond acceptors (Lipinski definition) is 2. The van der Waals surface area contributed by atoms with Gasteiger partial charge in [-0.2, -0.15) is 0 Å². The summed E-state index contributed by atoms with van der Waals surface area (Å²) < 4.78 is 14.7. The molecule has 2 nitrogen and oxygen atoms in total. The average molecular weight is 554 g/mol. The van der Waals surface area contributed by atoms with Gasteiger partial charge in [0.2, 0.25) is 0 Å². The second kappa shape index (κ2) is 10.8. The first-order chi connectivity index (χ1) is 15.6. The molecule has 0 aliphatic heterocycles. The molecule has 168 valence electrons. The fourth-order valence-corrected chi connectivity index (χ4v) is 5.72. The molecule has 0 saturated heterocycles. The van der Waals surface area contributed by atoms with Crippen LogP contribution in [0.1, 0.15) is 32.3 Å². The number of benzene rings is 4. The van der Waals surface area contributed by atoms with Gasteiger partial charge in [0, 0.05) is 0 Å². The number of rotatable bonds is 8. The third-order valence-corrected chi connectivity index (χ3v) is 7.10. The van der Waals surface area contributed by atoms with Gasteiger partial charge >= 0.3 is 203 Å². The molecule has 0 heterocycles. The van der Waals surface area contributed by atoms with Crippen LogP contribution in [0.3, 0.4) is 0 Å². The van der Waals surface area contributed by atoms with E-state index >= 15 is 0 Å². The Morgan fingerprint density at radius 3 is 2.06 bits per heavy atom.